The van der Waals surface area contributed by atoms with Crippen molar-refractivity contribution in [2.75, 3.05) is 4.90 Å². The highest BCUT2D eigenvalue weighted by Gasteiger charge is 2.18. The molecule has 2 heterocycles. The fraction of sp³-hybridized carbons (Fsp3) is 0. The second-order valence-corrected chi connectivity index (χ2v) is 15.3. The minimum atomic E-state index is 1.13. The van der Waals surface area contributed by atoms with Gasteiger partial charge in [-0.2, -0.15) is 0 Å². The first-order valence-electron chi connectivity index (χ1n) is 17.3. The number of nitrogens with zero attached hydrogens (tertiary/aromatic N) is 1. The summed E-state index contributed by atoms with van der Waals surface area (Å²) in [4.78, 5) is 2.38. The lowest BCUT2D eigenvalue weighted by Crippen LogP contribution is -2.09. The van der Waals surface area contributed by atoms with Crippen molar-refractivity contribution >= 4 is 112 Å². The van der Waals surface area contributed by atoms with Gasteiger partial charge in [0.15, 0.2) is 0 Å². The molecule has 0 fully saturated rings. The van der Waals surface area contributed by atoms with Crippen LogP contribution < -0.4 is 4.90 Å². The summed E-state index contributed by atoms with van der Waals surface area (Å²) in [5, 5.41) is 13.1. The lowest BCUT2D eigenvalue weighted by Gasteiger charge is -2.26. The number of thiophene rings is 2. The summed E-state index contributed by atoms with van der Waals surface area (Å²) in [6, 6.07) is 64.7. The van der Waals surface area contributed by atoms with E-state index < -0.39 is 0 Å². The molecule has 51 heavy (non-hydrogen) atoms. The predicted octanol–water partition coefficient (Wildman–Crippen LogP) is 15.0. The Hall–Kier alpha value is -6.00. The lowest BCUT2D eigenvalue weighted by molar-refractivity contribution is 1.29. The van der Waals surface area contributed by atoms with Crippen molar-refractivity contribution in [3.05, 3.63) is 176 Å². The minimum absolute atomic E-state index is 1.13. The van der Waals surface area contributed by atoms with Crippen LogP contribution in [0, 0.1) is 0 Å². The summed E-state index contributed by atoms with van der Waals surface area (Å²) in [7, 11) is 0. The van der Waals surface area contributed by atoms with Gasteiger partial charge in [0.1, 0.15) is 0 Å². The Morgan fingerprint density at radius 1 is 0.314 bits per heavy atom. The molecule has 0 bridgehead atoms. The van der Waals surface area contributed by atoms with E-state index in [4.69, 9.17) is 0 Å². The summed E-state index contributed by atoms with van der Waals surface area (Å²) >= 11 is 3.83. The summed E-state index contributed by atoms with van der Waals surface area (Å²) in [5.41, 5.74) is 5.91. The molecule has 238 valence electrons. The zero-order valence-corrected chi connectivity index (χ0v) is 29.1. The van der Waals surface area contributed by atoms with Gasteiger partial charge in [-0.15, -0.1) is 22.7 Å². The van der Waals surface area contributed by atoms with Gasteiger partial charge >= 0.3 is 0 Å². The standard InChI is InChI=1S/C48H29NS2/c1-2-11-31(12-3-1)49(33-25-26-39-37-15-5-4-13-35(37)36-14-6-7-16-38(36)43(39)29-33)32-23-21-30(22-24-32)34-18-10-19-40-41-27-28-45-46(48(41)51-47(34)40)42-17-8-9-20-44(42)50-45/h1-29H. The number of fused-ring (bicyclic) bond motifs is 13. The highest BCUT2D eigenvalue weighted by Crippen LogP contribution is 2.47. The largest absolute Gasteiger partial charge is 0.310 e. The number of rotatable bonds is 4. The van der Waals surface area contributed by atoms with E-state index >= 15 is 0 Å². The zero-order chi connectivity index (χ0) is 33.5. The van der Waals surface area contributed by atoms with E-state index in [0.29, 0.717) is 0 Å². The normalized spacial score (nSPS) is 11.9. The Balaban J connectivity index is 1.07. The zero-order valence-electron chi connectivity index (χ0n) is 27.5. The summed E-state index contributed by atoms with van der Waals surface area (Å²) in [6.07, 6.45) is 0. The van der Waals surface area contributed by atoms with Crippen LogP contribution in [-0.2, 0) is 0 Å². The molecule has 0 aliphatic rings. The third-order valence-corrected chi connectivity index (χ3v) is 12.9. The van der Waals surface area contributed by atoms with E-state index in [1.807, 2.05) is 22.7 Å². The molecule has 11 rings (SSSR count). The predicted molar refractivity (Wildman–Crippen MR) is 225 cm³/mol. The van der Waals surface area contributed by atoms with Crippen molar-refractivity contribution in [1.29, 1.82) is 0 Å². The van der Waals surface area contributed by atoms with Crippen molar-refractivity contribution in [1.82, 2.24) is 0 Å². The van der Waals surface area contributed by atoms with Gasteiger partial charge in [0.05, 0.1) is 0 Å². The second-order valence-electron chi connectivity index (χ2n) is 13.2. The minimum Gasteiger partial charge on any atom is -0.310 e. The Labute approximate surface area is 302 Å². The molecule has 0 N–H and O–H groups in total. The number of para-hydroxylation sites is 1. The third kappa shape index (κ3) is 4.39. The maximum absolute atomic E-state index is 2.38. The van der Waals surface area contributed by atoms with Gasteiger partial charge in [-0.05, 0) is 92.0 Å². The Bertz CT molecular complexity index is 3100. The van der Waals surface area contributed by atoms with Crippen LogP contribution in [0.4, 0.5) is 17.1 Å². The fourth-order valence-electron chi connectivity index (χ4n) is 8.14. The van der Waals surface area contributed by atoms with E-state index in [2.05, 4.69) is 181 Å². The molecule has 0 unspecified atom stereocenters. The molecule has 0 atom stereocenters. The van der Waals surface area contributed by atoms with Crippen molar-refractivity contribution in [2.45, 2.75) is 0 Å². The molecule has 0 amide bonds. The van der Waals surface area contributed by atoms with Crippen LogP contribution in [0.15, 0.2) is 176 Å². The first-order chi connectivity index (χ1) is 25.3. The van der Waals surface area contributed by atoms with E-state index in [9.17, 15) is 0 Å². The van der Waals surface area contributed by atoms with Gasteiger partial charge < -0.3 is 4.90 Å². The second kappa shape index (κ2) is 11.3. The average Bonchev–Trinajstić information content (AvgIpc) is 3.77. The molecular weight excluding hydrogens is 655 g/mol. The van der Waals surface area contributed by atoms with Gasteiger partial charge in [0.2, 0.25) is 0 Å². The van der Waals surface area contributed by atoms with Crippen molar-refractivity contribution in [2.24, 2.45) is 0 Å². The van der Waals surface area contributed by atoms with Gasteiger partial charge in [0, 0.05) is 57.4 Å². The maximum Gasteiger partial charge on any atom is 0.0468 e. The molecule has 0 saturated carbocycles. The average molecular weight is 684 g/mol. The number of hydrogen-bond acceptors (Lipinski definition) is 3. The van der Waals surface area contributed by atoms with Gasteiger partial charge in [-0.25, -0.2) is 0 Å². The first kappa shape index (κ1) is 28.8. The van der Waals surface area contributed by atoms with Crippen LogP contribution in [0.5, 0.6) is 0 Å². The van der Waals surface area contributed by atoms with Crippen LogP contribution in [0.1, 0.15) is 0 Å². The molecule has 0 aliphatic heterocycles. The summed E-state index contributed by atoms with van der Waals surface area (Å²) < 4.78 is 5.44. The smallest absolute Gasteiger partial charge is 0.0468 e. The molecule has 3 heteroatoms. The summed E-state index contributed by atoms with van der Waals surface area (Å²) in [6.45, 7) is 0. The molecule has 0 radical (unpaired) electrons. The molecule has 9 aromatic carbocycles. The van der Waals surface area contributed by atoms with E-state index in [0.717, 1.165) is 17.1 Å². The van der Waals surface area contributed by atoms with Crippen LogP contribution in [-0.4, -0.2) is 0 Å². The summed E-state index contributed by atoms with van der Waals surface area (Å²) in [5.74, 6) is 0. The maximum atomic E-state index is 2.38. The molecule has 0 saturated heterocycles. The Morgan fingerprint density at radius 2 is 0.863 bits per heavy atom. The first-order valence-corrected chi connectivity index (χ1v) is 19.0. The van der Waals surface area contributed by atoms with E-state index in [1.165, 1.54) is 83.8 Å². The highest BCUT2D eigenvalue weighted by atomic mass is 32.1. The van der Waals surface area contributed by atoms with Crippen LogP contribution in [0.3, 0.4) is 0 Å². The number of anilines is 3. The SMILES string of the molecule is c1ccc(N(c2ccc(-c3cccc4c3sc3c4ccc4sc5ccccc5c43)cc2)c2ccc3c4ccccc4c4ccccc4c3c2)cc1. The molecule has 2 aromatic heterocycles. The molecular formula is C48H29NS2. The molecule has 1 nitrogen and oxygen atoms in total. The number of hydrogen-bond donors (Lipinski definition) is 0. The van der Waals surface area contributed by atoms with E-state index in [-0.39, 0.29) is 0 Å². The van der Waals surface area contributed by atoms with Crippen molar-refractivity contribution in [3.63, 3.8) is 0 Å². The van der Waals surface area contributed by atoms with Gasteiger partial charge in [-0.1, -0.05) is 127 Å². The quantitative estimate of drug-likeness (QED) is 0.167. The molecule has 11 aromatic rings. The number of benzene rings is 9. The Kier molecular flexibility index (Phi) is 6.36. The van der Waals surface area contributed by atoms with E-state index in [1.54, 1.807) is 0 Å². The van der Waals surface area contributed by atoms with Crippen LogP contribution in [0.2, 0.25) is 0 Å². The monoisotopic (exact) mass is 683 g/mol. The van der Waals surface area contributed by atoms with Crippen molar-refractivity contribution in [3.8, 4) is 11.1 Å². The van der Waals surface area contributed by atoms with Crippen LogP contribution >= 0.6 is 22.7 Å². The topological polar surface area (TPSA) is 3.24 Å². The van der Waals surface area contributed by atoms with Gasteiger partial charge in [0.25, 0.3) is 0 Å². The third-order valence-electron chi connectivity index (χ3n) is 10.4. The lowest BCUT2D eigenvalue weighted by atomic mass is 9.94. The fourth-order valence-corrected chi connectivity index (χ4v) is 10.7. The van der Waals surface area contributed by atoms with Crippen LogP contribution in [0.25, 0.3) is 83.8 Å². The molecule has 0 aliphatic carbocycles. The van der Waals surface area contributed by atoms with Gasteiger partial charge in [-0.3, -0.25) is 0 Å². The Morgan fingerprint density at radius 3 is 1.61 bits per heavy atom. The highest BCUT2D eigenvalue weighted by molar-refractivity contribution is 7.30. The van der Waals surface area contributed by atoms with Crippen molar-refractivity contribution < 1.29 is 0 Å². The molecule has 0 spiro atoms.